The molecule has 0 bridgehead atoms. The minimum absolute atomic E-state index is 0.404. The van der Waals surface area contributed by atoms with Gasteiger partial charge in [-0.05, 0) is 6.42 Å². The third-order valence-corrected chi connectivity index (χ3v) is 2.88. The van der Waals surface area contributed by atoms with Gasteiger partial charge in [0.25, 0.3) is 0 Å². The highest BCUT2D eigenvalue weighted by Crippen LogP contribution is 2.19. The van der Waals surface area contributed by atoms with Crippen molar-refractivity contribution in [2.75, 3.05) is 18.5 Å². The average molecular weight is 213 g/mol. The van der Waals surface area contributed by atoms with Crippen molar-refractivity contribution in [3.8, 4) is 0 Å². The van der Waals surface area contributed by atoms with E-state index < -0.39 is 0 Å². The third-order valence-electron chi connectivity index (χ3n) is 2.22. The lowest BCUT2D eigenvalue weighted by Crippen LogP contribution is -2.18. The van der Waals surface area contributed by atoms with Gasteiger partial charge in [-0.15, -0.1) is 0 Å². The van der Waals surface area contributed by atoms with Gasteiger partial charge < -0.3 is 10.1 Å². The lowest BCUT2D eigenvalue weighted by molar-refractivity contribution is 0.195. The van der Waals surface area contributed by atoms with Crippen LogP contribution in [0.15, 0.2) is 0 Å². The Morgan fingerprint density at radius 3 is 3.00 bits per heavy atom. The van der Waals surface area contributed by atoms with E-state index in [-0.39, 0.29) is 0 Å². The highest BCUT2D eigenvalue weighted by atomic mass is 32.1. The molecule has 1 unspecified atom stereocenters. The van der Waals surface area contributed by atoms with Crippen molar-refractivity contribution in [2.45, 2.75) is 32.2 Å². The molecular formula is C9H15N3OS. The highest BCUT2D eigenvalue weighted by Gasteiger charge is 2.17. The van der Waals surface area contributed by atoms with Crippen molar-refractivity contribution in [3.63, 3.8) is 0 Å². The Hall–Kier alpha value is -0.680. The Labute approximate surface area is 87.9 Å². The van der Waals surface area contributed by atoms with Crippen LogP contribution < -0.4 is 5.32 Å². The summed E-state index contributed by atoms with van der Waals surface area (Å²) in [6, 6.07) is 0.419. The summed E-state index contributed by atoms with van der Waals surface area (Å²) in [5.41, 5.74) is 0. The smallest absolute Gasteiger partial charge is 0.202 e. The molecule has 0 radical (unpaired) electrons. The highest BCUT2D eigenvalue weighted by molar-refractivity contribution is 7.09. The second kappa shape index (κ2) is 4.23. The van der Waals surface area contributed by atoms with Gasteiger partial charge in [0.1, 0.15) is 5.82 Å². The van der Waals surface area contributed by atoms with E-state index in [2.05, 4.69) is 28.5 Å². The van der Waals surface area contributed by atoms with Crippen LogP contribution in [-0.2, 0) is 4.74 Å². The van der Waals surface area contributed by atoms with E-state index in [1.54, 1.807) is 0 Å². The molecule has 5 heteroatoms. The molecular weight excluding hydrogens is 198 g/mol. The zero-order chi connectivity index (χ0) is 9.97. The molecule has 1 fully saturated rings. The molecule has 1 aliphatic rings. The molecule has 1 atom stereocenters. The molecule has 2 rings (SSSR count). The lowest BCUT2D eigenvalue weighted by atomic mass is 10.2. The molecule has 0 aromatic carbocycles. The molecule has 1 aliphatic heterocycles. The Balaban J connectivity index is 1.95. The zero-order valence-electron chi connectivity index (χ0n) is 8.49. The minimum atomic E-state index is 0.404. The molecule has 1 N–H and O–H groups in total. The summed E-state index contributed by atoms with van der Waals surface area (Å²) < 4.78 is 9.56. The summed E-state index contributed by atoms with van der Waals surface area (Å²) in [5.74, 6) is 1.33. The van der Waals surface area contributed by atoms with E-state index >= 15 is 0 Å². The minimum Gasteiger partial charge on any atom is -0.379 e. The number of anilines is 1. The molecule has 14 heavy (non-hydrogen) atoms. The molecule has 2 heterocycles. The van der Waals surface area contributed by atoms with Gasteiger partial charge in [0.2, 0.25) is 5.13 Å². The van der Waals surface area contributed by atoms with E-state index in [0.29, 0.717) is 12.0 Å². The molecule has 0 amide bonds. The van der Waals surface area contributed by atoms with Gasteiger partial charge in [-0.1, -0.05) is 13.8 Å². The van der Waals surface area contributed by atoms with E-state index in [1.807, 2.05) is 0 Å². The van der Waals surface area contributed by atoms with E-state index in [1.165, 1.54) is 11.5 Å². The Bertz CT molecular complexity index is 294. The van der Waals surface area contributed by atoms with Crippen LogP contribution in [0.5, 0.6) is 0 Å². The summed E-state index contributed by atoms with van der Waals surface area (Å²) in [6.45, 7) is 5.85. The number of ether oxygens (including phenoxy) is 1. The van der Waals surface area contributed by atoms with Gasteiger partial charge in [0.15, 0.2) is 0 Å². The van der Waals surface area contributed by atoms with Gasteiger partial charge in [-0.2, -0.15) is 4.37 Å². The summed E-state index contributed by atoms with van der Waals surface area (Å²) in [4.78, 5) is 4.41. The fourth-order valence-electron chi connectivity index (χ4n) is 1.35. The van der Waals surface area contributed by atoms with Crippen molar-refractivity contribution < 1.29 is 4.74 Å². The maximum Gasteiger partial charge on any atom is 0.202 e. The van der Waals surface area contributed by atoms with Crippen LogP contribution in [0.25, 0.3) is 0 Å². The van der Waals surface area contributed by atoms with Crippen LogP contribution in [0.1, 0.15) is 32.0 Å². The molecule has 1 saturated heterocycles. The monoisotopic (exact) mass is 213 g/mol. The quantitative estimate of drug-likeness (QED) is 0.832. The Kier molecular flexibility index (Phi) is 2.98. The first-order valence-electron chi connectivity index (χ1n) is 4.93. The van der Waals surface area contributed by atoms with E-state index in [0.717, 1.165) is 30.6 Å². The topological polar surface area (TPSA) is 47.0 Å². The lowest BCUT2D eigenvalue weighted by Gasteiger charge is -2.07. The number of hydrogen-bond acceptors (Lipinski definition) is 5. The molecule has 0 aliphatic carbocycles. The third kappa shape index (κ3) is 2.22. The zero-order valence-corrected chi connectivity index (χ0v) is 9.30. The molecule has 78 valence electrons. The van der Waals surface area contributed by atoms with Crippen molar-refractivity contribution in [3.05, 3.63) is 5.82 Å². The number of aromatic nitrogens is 2. The number of nitrogens with one attached hydrogen (secondary N) is 1. The maximum atomic E-state index is 5.28. The largest absolute Gasteiger partial charge is 0.379 e. The number of rotatable bonds is 3. The maximum absolute atomic E-state index is 5.28. The number of nitrogens with zero attached hydrogens (tertiary/aromatic N) is 2. The first kappa shape index (κ1) is 9.86. The van der Waals surface area contributed by atoms with Gasteiger partial charge in [-0.25, -0.2) is 4.98 Å². The molecule has 1 aromatic heterocycles. The van der Waals surface area contributed by atoms with Crippen molar-refractivity contribution >= 4 is 16.7 Å². The van der Waals surface area contributed by atoms with Crippen molar-refractivity contribution in [1.82, 2.24) is 9.36 Å². The van der Waals surface area contributed by atoms with Crippen LogP contribution in [-0.4, -0.2) is 28.6 Å². The average Bonchev–Trinajstić information content (AvgIpc) is 2.75. The van der Waals surface area contributed by atoms with Crippen LogP contribution in [0, 0.1) is 0 Å². The summed E-state index contributed by atoms with van der Waals surface area (Å²) >= 11 is 1.44. The summed E-state index contributed by atoms with van der Waals surface area (Å²) in [6.07, 6.45) is 1.07. The summed E-state index contributed by atoms with van der Waals surface area (Å²) in [5, 5.41) is 4.26. The molecule has 4 nitrogen and oxygen atoms in total. The van der Waals surface area contributed by atoms with Crippen LogP contribution in [0.2, 0.25) is 0 Å². The molecule has 0 spiro atoms. The van der Waals surface area contributed by atoms with Crippen LogP contribution in [0.4, 0.5) is 5.13 Å². The fourth-order valence-corrected chi connectivity index (χ4v) is 2.14. The second-order valence-electron chi connectivity index (χ2n) is 3.82. The first-order chi connectivity index (χ1) is 6.75. The normalized spacial score (nSPS) is 21.8. The second-order valence-corrected chi connectivity index (χ2v) is 4.57. The van der Waals surface area contributed by atoms with E-state index in [9.17, 15) is 0 Å². The van der Waals surface area contributed by atoms with E-state index in [4.69, 9.17) is 4.74 Å². The predicted octanol–water partition coefficient (Wildman–Crippen LogP) is 1.86. The molecule has 1 aromatic rings. The molecule has 0 saturated carbocycles. The van der Waals surface area contributed by atoms with Crippen molar-refractivity contribution in [1.29, 1.82) is 0 Å². The Morgan fingerprint density at radius 2 is 2.43 bits per heavy atom. The van der Waals surface area contributed by atoms with Gasteiger partial charge in [-0.3, -0.25) is 0 Å². The van der Waals surface area contributed by atoms with Crippen molar-refractivity contribution in [2.24, 2.45) is 0 Å². The fraction of sp³-hybridized carbons (Fsp3) is 0.778. The predicted molar refractivity (Wildman–Crippen MR) is 56.8 cm³/mol. The van der Waals surface area contributed by atoms with Gasteiger partial charge >= 0.3 is 0 Å². The first-order valence-corrected chi connectivity index (χ1v) is 5.71. The SMILES string of the molecule is CC(C)c1nsc(NC2CCOC2)n1. The Morgan fingerprint density at radius 1 is 1.57 bits per heavy atom. The summed E-state index contributed by atoms with van der Waals surface area (Å²) in [7, 11) is 0. The van der Waals surface area contributed by atoms with Gasteiger partial charge in [0.05, 0.1) is 12.6 Å². The van der Waals surface area contributed by atoms with Gasteiger partial charge in [0, 0.05) is 24.1 Å². The van der Waals surface area contributed by atoms with Crippen LogP contribution in [0.3, 0.4) is 0 Å². The standard InChI is InChI=1S/C9H15N3OS/c1-6(2)8-11-9(14-12-8)10-7-3-4-13-5-7/h6-7H,3-5H2,1-2H3,(H,10,11,12). The van der Waals surface area contributed by atoms with Crippen LogP contribution >= 0.6 is 11.5 Å². The number of hydrogen-bond donors (Lipinski definition) is 1.